The first kappa shape index (κ1) is 12.9. The van der Waals surface area contributed by atoms with Crippen LogP contribution in [0.2, 0.25) is 0 Å². The Labute approximate surface area is 107 Å². The van der Waals surface area contributed by atoms with Crippen LogP contribution < -0.4 is 4.74 Å². The SMILES string of the molecule is Cn1nnc(COc2ccc(CO)cc2[N+](=O)[O-])n1. The van der Waals surface area contributed by atoms with E-state index in [4.69, 9.17) is 9.84 Å². The zero-order valence-electron chi connectivity index (χ0n) is 10.1. The molecular formula is C10H11N5O4. The molecule has 0 spiro atoms. The number of aliphatic hydroxyl groups excluding tert-OH is 1. The van der Waals surface area contributed by atoms with E-state index >= 15 is 0 Å². The van der Waals surface area contributed by atoms with Gasteiger partial charge in [-0.25, -0.2) is 0 Å². The Balaban J connectivity index is 2.17. The number of aromatic nitrogens is 4. The van der Waals surface area contributed by atoms with Gasteiger partial charge in [-0.05, 0) is 16.8 Å². The summed E-state index contributed by atoms with van der Waals surface area (Å²) < 4.78 is 5.30. The van der Waals surface area contributed by atoms with Crippen LogP contribution in [0.25, 0.3) is 0 Å². The van der Waals surface area contributed by atoms with Crippen molar-refractivity contribution in [1.29, 1.82) is 0 Å². The molecule has 0 aliphatic heterocycles. The molecule has 0 aliphatic carbocycles. The van der Waals surface area contributed by atoms with Gasteiger partial charge in [-0.1, -0.05) is 6.07 Å². The molecule has 1 N–H and O–H groups in total. The third-order valence-corrected chi connectivity index (χ3v) is 2.31. The van der Waals surface area contributed by atoms with Gasteiger partial charge in [0.25, 0.3) is 0 Å². The summed E-state index contributed by atoms with van der Waals surface area (Å²) >= 11 is 0. The number of aryl methyl sites for hydroxylation is 1. The Hall–Kier alpha value is -2.55. The molecule has 2 aromatic rings. The van der Waals surface area contributed by atoms with E-state index in [2.05, 4.69) is 15.4 Å². The fourth-order valence-corrected chi connectivity index (χ4v) is 1.45. The molecule has 9 nitrogen and oxygen atoms in total. The van der Waals surface area contributed by atoms with E-state index < -0.39 is 4.92 Å². The Bertz CT molecular complexity index is 597. The smallest absolute Gasteiger partial charge is 0.311 e. The summed E-state index contributed by atoms with van der Waals surface area (Å²) in [6, 6.07) is 4.24. The normalized spacial score (nSPS) is 10.4. The zero-order chi connectivity index (χ0) is 13.8. The minimum Gasteiger partial charge on any atom is -0.478 e. The molecule has 1 aromatic carbocycles. The minimum absolute atomic E-state index is 0.0207. The van der Waals surface area contributed by atoms with Gasteiger partial charge in [-0.3, -0.25) is 10.1 Å². The Morgan fingerprint density at radius 1 is 1.53 bits per heavy atom. The highest BCUT2D eigenvalue weighted by atomic mass is 16.6. The van der Waals surface area contributed by atoms with E-state index in [1.807, 2.05) is 0 Å². The van der Waals surface area contributed by atoms with Crippen LogP contribution in [-0.4, -0.2) is 30.2 Å². The van der Waals surface area contributed by atoms with Crippen LogP contribution in [0, 0.1) is 10.1 Å². The molecule has 1 heterocycles. The molecular weight excluding hydrogens is 254 g/mol. The zero-order valence-corrected chi connectivity index (χ0v) is 10.1. The van der Waals surface area contributed by atoms with Crippen molar-refractivity contribution in [2.75, 3.05) is 0 Å². The minimum atomic E-state index is -0.571. The first-order valence-corrected chi connectivity index (χ1v) is 5.34. The number of rotatable bonds is 5. The van der Waals surface area contributed by atoms with Gasteiger partial charge < -0.3 is 9.84 Å². The number of hydrogen-bond acceptors (Lipinski definition) is 7. The van der Waals surface area contributed by atoms with E-state index in [1.165, 1.54) is 16.9 Å². The lowest BCUT2D eigenvalue weighted by atomic mass is 10.2. The molecule has 0 amide bonds. The fraction of sp³-hybridized carbons (Fsp3) is 0.300. The lowest BCUT2D eigenvalue weighted by Gasteiger charge is -2.05. The quantitative estimate of drug-likeness (QED) is 0.605. The van der Waals surface area contributed by atoms with Crippen LogP contribution in [-0.2, 0) is 20.3 Å². The summed E-state index contributed by atoms with van der Waals surface area (Å²) in [5.74, 6) is 0.415. The molecule has 0 aliphatic rings. The highest BCUT2D eigenvalue weighted by molar-refractivity contribution is 5.48. The molecule has 0 radical (unpaired) electrons. The highest BCUT2D eigenvalue weighted by Crippen LogP contribution is 2.28. The lowest BCUT2D eigenvalue weighted by Crippen LogP contribution is -2.02. The fourth-order valence-electron chi connectivity index (χ4n) is 1.45. The maximum absolute atomic E-state index is 10.9. The van der Waals surface area contributed by atoms with Gasteiger partial charge in [0.2, 0.25) is 5.82 Å². The second-order valence-corrected chi connectivity index (χ2v) is 3.70. The summed E-state index contributed by atoms with van der Waals surface area (Å²) in [4.78, 5) is 11.6. The molecule has 0 bridgehead atoms. The van der Waals surface area contributed by atoms with Gasteiger partial charge in [-0.15, -0.1) is 10.2 Å². The number of benzene rings is 1. The molecule has 2 rings (SSSR count). The van der Waals surface area contributed by atoms with Gasteiger partial charge >= 0.3 is 5.69 Å². The van der Waals surface area contributed by atoms with Crippen molar-refractivity contribution >= 4 is 5.69 Å². The summed E-state index contributed by atoms with van der Waals surface area (Å²) in [7, 11) is 1.61. The first-order chi connectivity index (χ1) is 9.10. The monoisotopic (exact) mass is 265 g/mol. The number of nitro benzene ring substituents is 1. The summed E-state index contributed by atoms with van der Waals surface area (Å²) in [6.07, 6.45) is 0. The molecule has 19 heavy (non-hydrogen) atoms. The number of nitro groups is 1. The van der Waals surface area contributed by atoms with E-state index in [-0.39, 0.29) is 24.7 Å². The molecule has 1 aromatic heterocycles. The van der Waals surface area contributed by atoms with Gasteiger partial charge in [0.1, 0.15) is 0 Å². The van der Waals surface area contributed by atoms with Gasteiger partial charge in [0, 0.05) is 6.07 Å². The number of nitrogens with zero attached hydrogens (tertiary/aromatic N) is 5. The summed E-state index contributed by atoms with van der Waals surface area (Å²) in [5.41, 5.74) is 0.229. The number of hydrogen-bond donors (Lipinski definition) is 1. The van der Waals surface area contributed by atoms with Crippen LogP contribution in [0.5, 0.6) is 5.75 Å². The van der Waals surface area contributed by atoms with Crippen LogP contribution in [0.3, 0.4) is 0 Å². The third kappa shape index (κ3) is 3.01. The van der Waals surface area contributed by atoms with E-state index in [0.717, 1.165) is 0 Å². The third-order valence-electron chi connectivity index (χ3n) is 2.31. The number of aliphatic hydroxyl groups is 1. The predicted molar refractivity (Wildman–Crippen MR) is 62.1 cm³/mol. The Morgan fingerprint density at radius 3 is 2.89 bits per heavy atom. The van der Waals surface area contributed by atoms with Crippen LogP contribution >= 0.6 is 0 Å². The molecule has 0 saturated carbocycles. The van der Waals surface area contributed by atoms with E-state index in [0.29, 0.717) is 11.4 Å². The van der Waals surface area contributed by atoms with E-state index in [1.54, 1.807) is 13.1 Å². The average molecular weight is 265 g/mol. The Morgan fingerprint density at radius 2 is 2.32 bits per heavy atom. The second-order valence-electron chi connectivity index (χ2n) is 3.70. The van der Waals surface area contributed by atoms with Crippen LogP contribution in [0.4, 0.5) is 5.69 Å². The molecule has 0 unspecified atom stereocenters. The Kier molecular flexibility index (Phi) is 3.66. The lowest BCUT2D eigenvalue weighted by molar-refractivity contribution is -0.386. The van der Waals surface area contributed by atoms with Gasteiger partial charge in [0.05, 0.1) is 18.6 Å². The standard InChI is InChI=1S/C10H11N5O4/c1-14-12-10(11-13-14)6-19-9-3-2-7(5-16)4-8(9)15(17)18/h2-4,16H,5-6H2,1H3. The number of tetrazole rings is 1. The van der Waals surface area contributed by atoms with Crippen molar-refractivity contribution < 1.29 is 14.8 Å². The highest BCUT2D eigenvalue weighted by Gasteiger charge is 2.16. The van der Waals surface area contributed by atoms with E-state index in [9.17, 15) is 10.1 Å². The number of ether oxygens (including phenoxy) is 1. The summed E-state index contributed by atoms with van der Waals surface area (Å²) in [6.45, 7) is -0.292. The van der Waals surface area contributed by atoms with Crippen LogP contribution in [0.1, 0.15) is 11.4 Å². The second kappa shape index (κ2) is 5.40. The molecule has 0 atom stereocenters. The predicted octanol–water partition coefficient (Wildman–Crippen LogP) is 0.190. The molecule has 100 valence electrons. The van der Waals surface area contributed by atoms with Crippen molar-refractivity contribution in [1.82, 2.24) is 20.2 Å². The maximum Gasteiger partial charge on any atom is 0.311 e. The topological polar surface area (TPSA) is 116 Å². The average Bonchev–Trinajstić information content (AvgIpc) is 2.82. The summed E-state index contributed by atoms with van der Waals surface area (Å²) in [5, 5.41) is 31.1. The van der Waals surface area contributed by atoms with Crippen molar-refractivity contribution in [3.8, 4) is 5.75 Å². The molecule has 9 heteroatoms. The van der Waals surface area contributed by atoms with Crippen molar-refractivity contribution in [3.05, 3.63) is 39.7 Å². The largest absolute Gasteiger partial charge is 0.478 e. The van der Waals surface area contributed by atoms with Gasteiger partial charge in [-0.2, -0.15) is 4.80 Å². The molecule has 0 fully saturated rings. The first-order valence-electron chi connectivity index (χ1n) is 5.34. The maximum atomic E-state index is 10.9. The van der Waals surface area contributed by atoms with Crippen molar-refractivity contribution in [3.63, 3.8) is 0 Å². The van der Waals surface area contributed by atoms with Crippen molar-refractivity contribution in [2.24, 2.45) is 7.05 Å². The van der Waals surface area contributed by atoms with Gasteiger partial charge in [0.15, 0.2) is 12.4 Å². The van der Waals surface area contributed by atoms with Crippen LogP contribution in [0.15, 0.2) is 18.2 Å². The molecule has 0 saturated heterocycles. The van der Waals surface area contributed by atoms with Crippen molar-refractivity contribution in [2.45, 2.75) is 13.2 Å².